The van der Waals surface area contributed by atoms with Crippen LogP contribution in [-0.2, 0) is 0 Å². The second kappa shape index (κ2) is 8.28. The molecule has 0 aliphatic rings. The van der Waals surface area contributed by atoms with Crippen LogP contribution >= 0.6 is 27.3 Å². The predicted molar refractivity (Wildman–Crippen MR) is 110 cm³/mol. The van der Waals surface area contributed by atoms with Gasteiger partial charge in [-0.25, -0.2) is 4.98 Å². The van der Waals surface area contributed by atoms with Crippen molar-refractivity contribution in [1.82, 2.24) is 4.98 Å². The van der Waals surface area contributed by atoms with Crippen LogP contribution in [0.2, 0.25) is 0 Å². The number of carbonyl (C=O) groups is 2. The average molecular weight is 461 g/mol. The number of aromatic nitrogens is 1. The van der Waals surface area contributed by atoms with Crippen molar-refractivity contribution in [3.05, 3.63) is 79.3 Å². The zero-order chi connectivity index (χ0) is 20.3. The molecule has 0 saturated carbocycles. The lowest BCUT2D eigenvalue weighted by molar-refractivity contribution is -0.384. The number of benzene rings is 2. The van der Waals surface area contributed by atoms with E-state index in [0.717, 1.165) is 15.8 Å². The number of anilines is 2. The number of carbonyl (C=O) groups excluding carboxylic acids is 2. The van der Waals surface area contributed by atoms with Crippen molar-refractivity contribution < 1.29 is 14.5 Å². The fourth-order valence-corrected chi connectivity index (χ4v) is 3.41. The van der Waals surface area contributed by atoms with Gasteiger partial charge in [0.1, 0.15) is 4.88 Å². The first kappa shape index (κ1) is 19.6. The maximum Gasteiger partial charge on any atom is 0.269 e. The number of nitrogens with one attached hydrogen (secondary N) is 2. The van der Waals surface area contributed by atoms with Crippen molar-refractivity contribution in [2.75, 3.05) is 10.6 Å². The van der Waals surface area contributed by atoms with Gasteiger partial charge in [-0.1, -0.05) is 27.3 Å². The minimum atomic E-state index is -0.539. The van der Waals surface area contributed by atoms with Gasteiger partial charge in [-0.05, 0) is 43.3 Å². The number of nitro groups is 1. The third-order valence-corrected chi connectivity index (χ3v) is 5.27. The summed E-state index contributed by atoms with van der Waals surface area (Å²) in [5.41, 5.74) is 1.27. The molecule has 0 fully saturated rings. The van der Waals surface area contributed by atoms with Gasteiger partial charge in [0.25, 0.3) is 17.5 Å². The van der Waals surface area contributed by atoms with E-state index < -0.39 is 10.8 Å². The summed E-state index contributed by atoms with van der Waals surface area (Å²) < 4.78 is 0.899. The van der Waals surface area contributed by atoms with E-state index in [1.807, 2.05) is 12.1 Å². The lowest BCUT2D eigenvalue weighted by atomic mass is 10.2. The van der Waals surface area contributed by atoms with Crippen molar-refractivity contribution in [3.8, 4) is 0 Å². The molecule has 2 N–H and O–H groups in total. The monoisotopic (exact) mass is 460 g/mol. The third kappa shape index (κ3) is 4.59. The molecule has 8 nitrogen and oxygen atoms in total. The Morgan fingerprint density at radius 1 is 1.04 bits per heavy atom. The fraction of sp³-hybridized carbons (Fsp3) is 0.0556. The summed E-state index contributed by atoms with van der Waals surface area (Å²) >= 11 is 4.38. The van der Waals surface area contributed by atoms with Crippen LogP contribution in [0.1, 0.15) is 25.7 Å². The molecule has 0 aliphatic carbocycles. The Labute approximate surface area is 171 Å². The Hall–Kier alpha value is -3.11. The van der Waals surface area contributed by atoms with Crippen molar-refractivity contribution in [3.63, 3.8) is 0 Å². The summed E-state index contributed by atoms with van der Waals surface area (Å²) in [6.07, 6.45) is 0. The normalized spacial score (nSPS) is 10.4. The van der Waals surface area contributed by atoms with Gasteiger partial charge in [-0.2, -0.15) is 0 Å². The molecule has 142 valence electrons. The molecule has 3 aromatic rings. The van der Waals surface area contributed by atoms with Crippen LogP contribution < -0.4 is 10.6 Å². The van der Waals surface area contributed by atoms with Gasteiger partial charge in [-0.15, -0.1) is 0 Å². The lowest BCUT2D eigenvalue weighted by Gasteiger charge is -2.03. The Morgan fingerprint density at radius 2 is 1.68 bits per heavy atom. The van der Waals surface area contributed by atoms with Crippen molar-refractivity contribution in [2.45, 2.75) is 6.92 Å². The summed E-state index contributed by atoms with van der Waals surface area (Å²) in [6.45, 7) is 1.68. The summed E-state index contributed by atoms with van der Waals surface area (Å²) in [4.78, 5) is 39.5. The second-order valence-corrected chi connectivity index (χ2v) is 7.57. The first-order valence-corrected chi connectivity index (χ1v) is 9.54. The Kier molecular flexibility index (Phi) is 5.81. The number of hydrogen-bond acceptors (Lipinski definition) is 6. The minimum absolute atomic E-state index is 0.103. The Bertz CT molecular complexity index is 1050. The predicted octanol–water partition coefficient (Wildman–Crippen LogP) is 4.63. The van der Waals surface area contributed by atoms with E-state index in [0.29, 0.717) is 16.3 Å². The summed E-state index contributed by atoms with van der Waals surface area (Å²) in [6, 6.07) is 12.4. The first-order chi connectivity index (χ1) is 13.3. The van der Waals surface area contributed by atoms with Crippen LogP contribution in [0.25, 0.3) is 0 Å². The molecule has 0 bridgehead atoms. The molecule has 0 atom stereocenters. The van der Waals surface area contributed by atoms with E-state index in [1.165, 1.54) is 24.3 Å². The highest BCUT2D eigenvalue weighted by Gasteiger charge is 2.18. The fourth-order valence-electron chi connectivity index (χ4n) is 2.29. The molecule has 0 saturated heterocycles. The van der Waals surface area contributed by atoms with Gasteiger partial charge in [0.05, 0.1) is 10.6 Å². The quantitative estimate of drug-likeness (QED) is 0.425. The first-order valence-electron chi connectivity index (χ1n) is 7.93. The maximum absolute atomic E-state index is 12.5. The van der Waals surface area contributed by atoms with Crippen LogP contribution in [-0.4, -0.2) is 21.7 Å². The molecule has 3 rings (SSSR count). The topological polar surface area (TPSA) is 114 Å². The van der Waals surface area contributed by atoms with Crippen LogP contribution in [0.4, 0.5) is 16.5 Å². The molecule has 0 unspecified atom stereocenters. The van der Waals surface area contributed by atoms with E-state index in [2.05, 4.69) is 31.5 Å². The standard InChI is InChI=1S/C18H13BrN4O4S/c1-10-15(17(25)21-13-6-4-12(19)5-7-13)28-18(20-10)22-16(24)11-2-8-14(9-3-11)23(26)27/h2-9H,1H3,(H,21,25)(H,20,22,24). The van der Waals surface area contributed by atoms with Crippen molar-refractivity contribution in [1.29, 1.82) is 0 Å². The number of halogens is 1. The molecule has 2 aromatic carbocycles. The van der Waals surface area contributed by atoms with Gasteiger partial charge < -0.3 is 5.32 Å². The van der Waals surface area contributed by atoms with Gasteiger partial charge in [0, 0.05) is 27.9 Å². The van der Waals surface area contributed by atoms with Gasteiger partial charge in [-0.3, -0.25) is 25.0 Å². The summed E-state index contributed by atoms with van der Waals surface area (Å²) in [5.74, 6) is -0.795. The average Bonchev–Trinajstić information content (AvgIpc) is 3.04. The molecule has 0 aliphatic heterocycles. The zero-order valence-electron chi connectivity index (χ0n) is 14.4. The number of nitro benzene ring substituents is 1. The van der Waals surface area contributed by atoms with E-state index in [1.54, 1.807) is 19.1 Å². The number of non-ortho nitro benzene ring substituents is 1. The second-order valence-electron chi connectivity index (χ2n) is 5.65. The Morgan fingerprint density at radius 3 is 2.29 bits per heavy atom. The lowest BCUT2D eigenvalue weighted by Crippen LogP contribution is -2.11. The van der Waals surface area contributed by atoms with Gasteiger partial charge in [0.2, 0.25) is 0 Å². The number of thiazole rings is 1. The number of hydrogen-bond donors (Lipinski definition) is 2. The number of nitrogens with zero attached hydrogens (tertiary/aromatic N) is 2. The maximum atomic E-state index is 12.5. The molecule has 2 amide bonds. The molecule has 0 spiro atoms. The van der Waals surface area contributed by atoms with E-state index in [-0.39, 0.29) is 22.3 Å². The highest BCUT2D eigenvalue weighted by molar-refractivity contribution is 9.10. The van der Waals surface area contributed by atoms with Crippen LogP contribution in [0.3, 0.4) is 0 Å². The minimum Gasteiger partial charge on any atom is -0.321 e. The molecular formula is C18H13BrN4O4S. The summed E-state index contributed by atoms with van der Waals surface area (Å²) in [7, 11) is 0. The van der Waals surface area contributed by atoms with Crippen LogP contribution in [0.5, 0.6) is 0 Å². The zero-order valence-corrected chi connectivity index (χ0v) is 16.8. The smallest absolute Gasteiger partial charge is 0.269 e. The molecular weight excluding hydrogens is 448 g/mol. The van der Waals surface area contributed by atoms with Crippen molar-refractivity contribution >= 4 is 55.6 Å². The van der Waals surface area contributed by atoms with E-state index in [4.69, 9.17) is 0 Å². The Balaban J connectivity index is 1.70. The molecule has 10 heteroatoms. The molecule has 1 aromatic heterocycles. The number of aryl methyl sites for hydroxylation is 1. The number of amides is 2. The highest BCUT2D eigenvalue weighted by Crippen LogP contribution is 2.25. The van der Waals surface area contributed by atoms with Crippen molar-refractivity contribution in [2.24, 2.45) is 0 Å². The summed E-state index contributed by atoms with van der Waals surface area (Å²) in [5, 5.41) is 16.3. The largest absolute Gasteiger partial charge is 0.321 e. The van der Waals surface area contributed by atoms with Gasteiger partial charge >= 0.3 is 0 Å². The molecule has 0 radical (unpaired) electrons. The highest BCUT2D eigenvalue weighted by atomic mass is 79.9. The SMILES string of the molecule is Cc1nc(NC(=O)c2ccc([N+](=O)[O-])cc2)sc1C(=O)Nc1ccc(Br)cc1. The van der Waals surface area contributed by atoms with E-state index >= 15 is 0 Å². The number of rotatable bonds is 5. The van der Waals surface area contributed by atoms with Crippen LogP contribution in [0, 0.1) is 17.0 Å². The molecule has 28 heavy (non-hydrogen) atoms. The molecule has 1 heterocycles. The van der Waals surface area contributed by atoms with E-state index in [9.17, 15) is 19.7 Å². The van der Waals surface area contributed by atoms with Crippen LogP contribution in [0.15, 0.2) is 53.0 Å². The third-order valence-electron chi connectivity index (χ3n) is 3.67. The van der Waals surface area contributed by atoms with Gasteiger partial charge in [0.15, 0.2) is 5.13 Å².